The third kappa shape index (κ3) is 4.89. The Labute approximate surface area is 173 Å². The number of hydrogen-bond acceptors (Lipinski definition) is 1. The van der Waals surface area contributed by atoms with E-state index < -0.39 is 0 Å². The number of rotatable bonds is 5. The van der Waals surface area contributed by atoms with Crippen molar-refractivity contribution >= 4 is 19.4 Å². The van der Waals surface area contributed by atoms with Gasteiger partial charge < -0.3 is 0 Å². The van der Waals surface area contributed by atoms with Crippen LogP contribution < -0.4 is 24.2 Å². The zero-order chi connectivity index (χ0) is 18.9. The number of benzene rings is 2. The molecule has 2 aromatic carbocycles. The van der Waals surface area contributed by atoms with E-state index in [0.29, 0.717) is 11.8 Å². The Morgan fingerprint density at radius 2 is 1.46 bits per heavy atom. The first-order chi connectivity index (χ1) is 11.6. The van der Waals surface area contributed by atoms with Crippen LogP contribution in [0.2, 0.25) is 0 Å². The molecule has 1 nitrogen and oxygen atoms in total. The summed E-state index contributed by atoms with van der Waals surface area (Å²) in [5.41, 5.74) is 8.54. The maximum atomic E-state index is 13.2. The average Bonchev–Trinajstić information content (AvgIpc) is 2.52. The smallest absolute Gasteiger partial charge is 0.289 e. The third-order valence-electron chi connectivity index (χ3n) is 5.20. The molecule has 1 atom stereocenters. The van der Waals surface area contributed by atoms with Crippen molar-refractivity contribution in [3.8, 4) is 0 Å². The zero-order valence-corrected chi connectivity index (χ0v) is 18.9. The van der Waals surface area contributed by atoms with E-state index in [9.17, 15) is 4.79 Å². The van der Waals surface area contributed by atoms with E-state index in [1.54, 1.807) is 0 Å². The van der Waals surface area contributed by atoms with Crippen molar-refractivity contribution < 1.29 is 23.7 Å². The quantitative estimate of drug-likeness (QED) is 0.590. The first-order valence-corrected chi connectivity index (χ1v) is 10.2. The second kappa shape index (κ2) is 9.37. The van der Waals surface area contributed by atoms with E-state index in [4.69, 9.17) is 0 Å². The van der Waals surface area contributed by atoms with Crippen molar-refractivity contribution in [2.24, 2.45) is 0 Å². The normalized spacial score (nSPS) is 11.5. The Morgan fingerprint density at radius 1 is 0.846 bits per heavy atom. The molecule has 0 saturated heterocycles. The van der Waals surface area contributed by atoms with Crippen LogP contribution >= 0.6 is 8.58 Å². The Balaban J connectivity index is 0.00000338. The molecule has 0 saturated carbocycles. The average molecular weight is 361 g/mol. The van der Waals surface area contributed by atoms with Gasteiger partial charge in [0.05, 0.1) is 0 Å². The molecule has 0 fully saturated rings. The molecule has 0 aliphatic heterocycles. The van der Waals surface area contributed by atoms with Gasteiger partial charge in [-0.3, -0.25) is 4.79 Å². The Kier molecular flexibility index (Phi) is 8.35. The van der Waals surface area contributed by atoms with Crippen molar-refractivity contribution in [3.63, 3.8) is 0 Å². The summed E-state index contributed by atoms with van der Waals surface area (Å²) >= 11 is 0. The van der Waals surface area contributed by atoms with Crippen LogP contribution in [0.25, 0.3) is 0 Å². The van der Waals surface area contributed by atoms with E-state index in [0.717, 1.165) is 16.7 Å². The molecule has 26 heavy (non-hydrogen) atoms. The van der Waals surface area contributed by atoms with E-state index >= 15 is 0 Å². The molecular formula is C23H31LiOP+. The Morgan fingerprint density at radius 3 is 2.00 bits per heavy atom. The van der Waals surface area contributed by atoms with Gasteiger partial charge in [0.2, 0.25) is 0 Å². The minimum absolute atomic E-state index is 0. The molecule has 0 N–H and O–H groups in total. The molecule has 2 aromatic rings. The summed E-state index contributed by atoms with van der Waals surface area (Å²) in [6.07, 6.45) is 0. The first-order valence-electron chi connectivity index (χ1n) is 9.16. The Bertz CT molecular complexity index is 806. The molecule has 134 valence electrons. The standard InChI is InChI=1S/C23H31OP.Li/c1-13(2)19-9-10-20(14(3)4)21(12-19)25-23(24)22-16(6)11-15(5)17(7)18(22)8;/h9-14,25H,1-8H3;/q;+1. The largest absolute Gasteiger partial charge is 1.00 e. The van der Waals surface area contributed by atoms with Crippen LogP contribution in [-0.4, -0.2) is 5.52 Å². The van der Waals surface area contributed by atoms with Gasteiger partial charge in [-0.2, -0.15) is 0 Å². The van der Waals surface area contributed by atoms with Gasteiger partial charge in [-0.05, 0) is 86.8 Å². The van der Waals surface area contributed by atoms with Gasteiger partial charge >= 0.3 is 18.9 Å². The molecule has 0 amide bonds. The van der Waals surface area contributed by atoms with E-state index in [2.05, 4.69) is 79.7 Å². The molecule has 0 aliphatic carbocycles. The molecule has 0 bridgehead atoms. The summed E-state index contributed by atoms with van der Waals surface area (Å²) < 4.78 is 0. The summed E-state index contributed by atoms with van der Waals surface area (Å²) in [7, 11) is 0.183. The second-order valence-corrected chi connectivity index (χ2v) is 8.99. The van der Waals surface area contributed by atoms with Crippen LogP contribution in [0.3, 0.4) is 0 Å². The SMILES string of the molecule is Cc1cc(C)c(C(=O)Pc2cc(C(C)C)ccc2C(C)C)c(C)c1C.[Li+]. The van der Waals surface area contributed by atoms with Crippen LogP contribution in [-0.2, 0) is 0 Å². The fourth-order valence-corrected chi connectivity index (χ4v) is 4.87. The topological polar surface area (TPSA) is 17.1 Å². The Hall–Kier alpha value is -0.863. The van der Waals surface area contributed by atoms with Crippen molar-refractivity contribution in [2.75, 3.05) is 0 Å². The fraction of sp³-hybridized carbons (Fsp3) is 0.435. The summed E-state index contributed by atoms with van der Waals surface area (Å²) in [4.78, 5) is 13.2. The van der Waals surface area contributed by atoms with E-state index in [1.807, 2.05) is 0 Å². The van der Waals surface area contributed by atoms with Crippen molar-refractivity contribution in [3.05, 3.63) is 63.2 Å². The summed E-state index contributed by atoms with van der Waals surface area (Å²) in [5.74, 6) is 0.906. The molecule has 3 heteroatoms. The van der Waals surface area contributed by atoms with Gasteiger partial charge in [0.25, 0.3) is 0 Å². The predicted molar refractivity (Wildman–Crippen MR) is 112 cm³/mol. The number of carbonyl (C=O) groups is 1. The molecule has 0 heterocycles. The van der Waals surface area contributed by atoms with E-state index in [-0.39, 0.29) is 33.0 Å². The summed E-state index contributed by atoms with van der Waals surface area (Å²) in [5, 5.41) is 1.21. The molecule has 0 aromatic heterocycles. The van der Waals surface area contributed by atoms with Gasteiger partial charge in [-0.15, -0.1) is 0 Å². The summed E-state index contributed by atoms with van der Waals surface area (Å²) in [6.45, 7) is 17.2. The third-order valence-corrected chi connectivity index (χ3v) is 6.38. The van der Waals surface area contributed by atoms with Crippen LogP contribution in [0.15, 0.2) is 24.3 Å². The molecule has 1 unspecified atom stereocenters. The van der Waals surface area contributed by atoms with Crippen LogP contribution in [0.1, 0.15) is 83.3 Å². The van der Waals surface area contributed by atoms with Gasteiger partial charge in [0.15, 0.2) is 5.52 Å². The van der Waals surface area contributed by atoms with Crippen LogP contribution in [0.5, 0.6) is 0 Å². The second-order valence-electron chi connectivity index (χ2n) is 7.75. The molecular weight excluding hydrogens is 330 g/mol. The first kappa shape index (κ1) is 23.2. The fourth-order valence-electron chi connectivity index (χ4n) is 3.36. The van der Waals surface area contributed by atoms with Crippen molar-refractivity contribution in [2.45, 2.75) is 67.2 Å². The maximum Gasteiger partial charge on any atom is 1.00 e. The molecule has 0 aliphatic rings. The van der Waals surface area contributed by atoms with Crippen molar-refractivity contribution in [1.29, 1.82) is 0 Å². The van der Waals surface area contributed by atoms with Crippen LogP contribution in [0, 0.1) is 27.7 Å². The number of hydrogen-bond donors (Lipinski definition) is 0. The predicted octanol–water partition coefficient (Wildman–Crippen LogP) is 3.32. The molecule has 2 rings (SSSR count). The minimum atomic E-state index is 0. The monoisotopic (exact) mass is 361 g/mol. The minimum Gasteiger partial charge on any atom is -0.289 e. The van der Waals surface area contributed by atoms with Gasteiger partial charge in [0.1, 0.15) is 0 Å². The molecule has 0 radical (unpaired) electrons. The van der Waals surface area contributed by atoms with Crippen LogP contribution in [0.4, 0.5) is 0 Å². The van der Waals surface area contributed by atoms with Gasteiger partial charge in [-0.1, -0.05) is 52.0 Å². The zero-order valence-electron chi connectivity index (χ0n) is 17.9. The number of carbonyl (C=O) groups excluding carboxylic acids is 1. The number of aryl methyl sites for hydroxylation is 2. The van der Waals surface area contributed by atoms with Crippen molar-refractivity contribution in [1.82, 2.24) is 0 Å². The van der Waals surface area contributed by atoms with E-state index in [1.165, 1.54) is 27.6 Å². The maximum absolute atomic E-state index is 13.2. The van der Waals surface area contributed by atoms with Gasteiger partial charge in [0, 0.05) is 5.56 Å². The van der Waals surface area contributed by atoms with Gasteiger partial charge in [-0.25, -0.2) is 0 Å². The summed E-state index contributed by atoms with van der Waals surface area (Å²) in [6, 6.07) is 8.83. The molecule has 0 spiro atoms.